The fourth-order valence-corrected chi connectivity index (χ4v) is 3.36. The third kappa shape index (κ3) is 2.87. The van der Waals surface area contributed by atoms with Gasteiger partial charge in [-0.15, -0.1) is 0 Å². The van der Waals surface area contributed by atoms with Crippen molar-refractivity contribution in [2.24, 2.45) is 10.9 Å². The molecule has 0 saturated carbocycles. The van der Waals surface area contributed by atoms with E-state index < -0.39 is 23.8 Å². The van der Waals surface area contributed by atoms with E-state index in [1.807, 2.05) is 0 Å². The number of aliphatic imine (C=N–C) groups is 1. The first kappa shape index (κ1) is 17.8. The minimum Gasteiger partial charge on any atom is -0.468 e. The molecule has 8 nitrogen and oxygen atoms in total. The van der Waals surface area contributed by atoms with Crippen LogP contribution in [0.3, 0.4) is 0 Å². The second kappa shape index (κ2) is 7.07. The van der Waals surface area contributed by atoms with Gasteiger partial charge in [-0.2, -0.15) is 0 Å². The van der Waals surface area contributed by atoms with Crippen molar-refractivity contribution < 1.29 is 23.7 Å². The molecule has 2 unspecified atom stereocenters. The molecule has 8 heteroatoms. The van der Waals surface area contributed by atoms with Gasteiger partial charge in [0.1, 0.15) is 17.0 Å². The van der Waals surface area contributed by atoms with Gasteiger partial charge in [0, 0.05) is 17.3 Å². The van der Waals surface area contributed by atoms with Crippen molar-refractivity contribution in [3.8, 4) is 0 Å². The van der Waals surface area contributed by atoms with Crippen LogP contribution in [0.5, 0.6) is 0 Å². The molecule has 1 aromatic heterocycles. The summed E-state index contributed by atoms with van der Waals surface area (Å²) in [6, 6.07) is 5.31. The summed E-state index contributed by atoms with van der Waals surface area (Å²) in [5, 5.41) is 7.79. The van der Waals surface area contributed by atoms with E-state index in [9.17, 15) is 9.59 Å². The van der Waals surface area contributed by atoms with Crippen LogP contribution in [0.1, 0.15) is 32.3 Å². The van der Waals surface area contributed by atoms with Crippen molar-refractivity contribution >= 4 is 28.7 Å². The summed E-state index contributed by atoms with van der Waals surface area (Å²) >= 11 is 0. The lowest BCUT2D eigenvalue weighted by atomic mass is 9.75. The van der Waals surface area contributed by atoms with Gasteiger partial charge in [-0.25, -0.2) is 9.42 Å². The third-order valence-corrected chi connectivity index (χ3v) is 4.43. The number of hydrogen-bond donors (Lipinski definition) is 0. The van der Waals surface area contributed by atoms with Gasteiger partial charge in [-0.1, -0.05) is 12.1 Å². The molecule has 1 aromatic carbocycles. The number of nitrogens with zero attached hydrogens (tertiary/aromatic N) is 3. The average molecular weight is 357 g/mol. The highest BCUT2D eigenvalue weighted by molar-refractivity contribution is 6.07. The van der Waals surface area contributed by atoms with Crippen LogP contribution in [0, 0.1) is 5.92 Å². The zero-order chi connectivity index (χ0) is 18.8. The molecule has 0 bridgehead atoms. The average Bonchev–Trinajstić information content (AvgIpc) is 3.09. The van der Waals surface area contributed by atoms with Gasteiger partial charge in [-0.05, 0) is 42.7 Å². The lowest BCUT2D eigenvalue weighted by Crippen LogP contribution is -2.36. The van der Waals surface area contributed by atoms with E-state index in [1.54, 1.807) is 39.0 Å². The highest BCUT2D eigenvalue weighted by atomic mass is 16.6. The summed E-state index contributed by atoms with van der Waals surface area (Å²) < 4.78 is 15.0. The van der Waals surface area contributed by atoms with Crippen LogP contribution >= 0.6 is 0 Å². The molecule has 2 aromatic rings. The number of rotatable bonds is 4. The number of benzene rings is 1. The monoisotopic (exact) mass is 357 g/mol. The van der Waals surface area contributed by atoms with Crippen LogP contribution < -0.4 is 0 Å². The molecule has 0 N–H and O–H groups in total. The number of carbonyl (C=O) groups excluding carboxylic acids is 2. The number of methoxy groups -OCH3 is 1. The minimum atomic E-state index is -0.773. The SMILES string of the molecule is CCOC(=O)C1=C(C)N=C(C)C(C(=O)OC)C1c1cccc2nonc12. The van der Waals surface area contributed by atoms with Gasteiger partial charge in [0.25, 0.3) is 0 Å². The number of carbonyl (C=O) groups is 2. The molecule has 26 heavy (non-hydrogen) atoms. The van der Waals surface area contributed by atoms with E-state index in [0.29, 0.717) is 33.6 Å². The molecular weight excluding hydrogens is 338 g/mol. The summed E-state index contributed by atoms with van der Waals surface area (Å²) in [7, 11) is 1.31. The second-order valence-electron chi connectivity index (χ2n) is 5.93. The molecule has 1 aliphatic rings. The third-order valence-electron chi connectivity index (χ3n) is 4.43. The Morgan fingerprint density at radius 1 is 1.23 bits per heavy atom. The molecule has 136 valence electrons. The molecular formula is C18H19N3O5. The van der Waals surface area contributed by atoms with Gasteiger partial charge in [0.2, 0.25) is 0 Å². The van der Waals surface area contributed by atoms with Gasteiger partial charge in [0.15, 0.2) is 0 Å². The molecule has 0 saturated heterocycles. The largest absolute Gasteiger partial charge is 0.468 e. The Morgan fingerprint density at radius 2 is 2.00 bits per heavy atom. The van der Waals surface area contributed by atoms with E-state index in [2.05, 4.69) is 15.3 Å². The topological polar surface area (TPSA) is 104 Å². The fourth-order valence-electron chi connectivity index (χ4n) is 3.36. The van der Waals surface area contributed by atoms with Crippen molar-refractivity contribution in [3.63, 3.8) is 0 Å². The van der Waals surface area contributed by atoms with E-state index >= 15 is 0 Å². The fraction of sp³-hybridized carbons (Fsp3) is 0.389. The number of esters is 2. The van der Waals surface area contributed by atoms with Crippen LogP contribution in [0.25, 0.3) is 11.0 Å². The predicted molar refractivity (Wildman–Crippen MR) is 92.5 cm³/mol. The zero-order valence-corrected chi connectivity index (χ0v) is 15.0. The number of fused-ring (bicyclic) bond motifs is 1. The van der Waals surface area contributed by atoms with Gasteiger partial charge >= 0.3 is 11.9 Å². The molecule has 0 aliphatic carbocycles. The Hall–Kier alpha value is -3.03. The van der Waals surface area contributed by atoms with E-state index in [0.717, 1.165) is 0 Å². The molecule has 2 atom stereocenters. The maximum absolute atomic E-state index is 12.7. The summed E-state index contributed by atoms with van der Waals surface area (Å²) in [4.78, 5) is 29.6. The minimum absolute atomic E-state index is 0.212. The number of aromatic nitrogens is 2. The Balaban J connectivity index is 2.26. The molecule has 0 radical (unpaired) electrons. The molecule has 0 fully saturated rings. The Bertz CT molecular complexity index is 928. The number of ether oxygens (including phenoxy) is 2. The van der Waals surface area contributed by atoms with Crippen molar-refractivity contribution in [2.45, 2.75) is 26.7 Å². The van der Waals surface area contributed by atoms with Crippen LogP contribution in [-0.4, -0.2) is 41.7 Å². The molecule has 3 rings (SSSR count). The summed E-state index contributed by atoms with van der Waals surface area (Å²) in [5.41, 5.74) is 3.02. The maximum atomic E-state index is 12.7. The highest BCUT2D eigenvalue weighted by Gasteiger charge is 2.43. The van der Waals surface area contributed by atoms with E-state index in [1.165, 1.54) is 7.11 Å². The standard InChI is InChI=1S/C18H19N3O5/c1-5-25-18(23)14-10(3)19-9(2)13(17(22)24-4)15(14)11-7-6-8-12-16(11)21-26-20-12/h6-8,13,15H,5H2,1-4H3. The molecule has 0 spiro atoms. The molecule has 1 aliphatic heterocycles. The van der Waals surface area contributed by atoms with Crippen molar-refractivity contribution in [1.29, 1.82) is 0 Å². The predicted octanol–water partition coefficient (Wildman–Crippen LogP) is 2.41. The van der Waals surface area contributed by atoms with Crippen molar-refractivity contribution in [1.82, 2.24) is 10.3 Å². The summed E-state index contributed by atoms with van der Waals surface area (Å²) in [6.45, 7) is 5.39. The Labute approximate surface area is 149 Å². The van der Waals surface area contributed by atoms with Crippen LogP contribution in [0.15, 0.2) is 39.1 Å². The van der Waals surface area contributed by atoms with Crippen LogP contribution in [0.4, 0.5) is 0 Å². The Morgan fingerprint density at radius 3 is 2.69 bits per heavy atom. The maximum Gasteiger partial charge on any atom is 0.336 e. The van der Waals surface area contributed by atoms with Gasteiger partial charge in [0.05, 0.1) is 19.3 Å². The van der Waals surface area contributed by atoms with E-state index in [-0.39, 0.29) is 6.61 Å². The van der Waals surface area contributed by atoms with Gasteiger partial charge in [-0.3, -0.25) is 9.79 Å². The first-order valence-electron chi connectivity index (χ1n) is 8.21. The van der Waals surface area contributed by atoms with Crippen molar-refractivity contribution in [3.05, 3.63) is 35.0 Å². The number of allylic oxidation sites excluding steroid dienone is 1. The zero-order valence-electron chi connectivity index (χ0n) is 15.0. The lowest BCUT2D eigenvalue weighted by molar-refractivity contribution is -0.144. The summed E-state index contributed by atoms with van der Waals surface area (Å²) in [5.74, 6) is -2.44. The first-order chi connectivity index (χ1) is 12.5. The molecule has 0 amide bonds. The quantitative estimate of drug-likeness (QED) is 0.774. The number of hydrogen-bond acceptors (Lipinski definition) is 8. The normalized spacial score (nSPS) is 20.1. The summed E-state index contributed by atoms with van der Waals surface area (Å²) in [6.07, 6.45) is 0. The first-order valence-corrected chi connectivity index (χ1v) is 8.21. The Kier molecular flexibility index (Phi) is 4.83. The van der Waals surface area contributed by atoms with Crippen LogP contribution in [-0.2, 0) is 19.1 Å². The van der Waals surface area contributed by atoms with E-state index in [4.69, 9.17) is 14.1 Å². The highest BCUT2D eigenvalue weighted by Crippen LogP contribution is 2.41. The molecule has 2 heterocycles. The lowest BCUT2D eigenvalue weighted by Gasteiger charge is -2.31. The van der Waals surface area contributed by atoms with Crippen LogP contribution in [0.2, 0.25) is 0 Å². The van der Waals surface area contributed by atoms with Crippen molar-refractivity contribution in [2.75, 3.05) is 13.7 Å². The second-order valence-corrected chi connectivity index (χ2v) is 5.93. The smallest absolute Gasteiger partial charge is 0.336 e. The van der Waals surface area contributed by atoms with Gasteiger partial charge < -0.3 is 9.47 Å².